The van der Waals surface area contributed by atoms with Crippen molar-refractivity contribution < 1.29 is 0 Å². The van der Waals surface area contributed by atoms with E-state index in [2.05, 4.69) is 28.7 Å². The number of nitrogens with two attached hydrogens (primary N) is 1. The molecule has 1 rings (SSSR count). The lowest BCUT2D eigenvalue weighted by molar-refractivity contribution is 0.587. The van der Waals surface area contributed by atoms with Crippen LogP contribution in [0.3, 0.4) is 0 Å². The smallest absolute Gasteiger partial charge is 0.131 e. The van der Waals surface area contributed by atoms with E-state index >= 15 is 0 Å². The van der Waals surface area contributed by atoms with E-state index in [0.29, 0.717) is 12.5 Å². The highest BCUT2D eigenvalue weighted by Crippen LogP contribution is 2.10. The normalized spacial score (nSPS) is 12.5. The molecule has 0 aromatic carbocycles. The molecule has 15 heavy (non-hydrogen) atoms. The third kappa shape index (κ3) is 3.47. The largest absolute Gasteiger partial charge is 0.359 e. The van der Waals surface area contributed by atoms with Gasteiger partial charge < -0.3 is 10.6 Å². The Balaban J connectivity index is 2.68. The molecule has 0 spiro atoms. The first-order valence-electron chi connectivity index (χ1n) is 5.39. The van der Waals surface area contributed by atoms with Crippen LogP contribution in [0, 0.1) is 5.92 Å². The average Bonchev–Trinajstić information content (AvgIpc) is 2.28. The summed E-state index contributed by atoms with van der Waals surface area (Å²) in [6.45, 7) is 5.86. The predicted molar refractivity (Wildman–Crippen MR) is 62.9 cm³/mol. The molecule has 0 fully saturated rings. The van der Waals surface area contributed by atoms with Gasteiger partial charge in [-0.25, -0.2) is 9.97 Å². The van der Waals surface area contributed by atoms with Crippen LogP contribution in [0.4, 0.5) is 5.82 Å². The molecule has 0 saturated heterocycles. The second-order valence-corrected chi connectivity index (χ2v) is 3.94. The number of rotatable bonds is 5. The van der Waals surface area contributed by atoms with Gasteiger partial charge in [0.15, 0.2) is 0 Å². The van der Waals surface area contributed by atoms with Gasteiger partial charge in [0.1, 0.15) is 12.1 Å². The van der Waals surface area contributed by atoms with E-state index in [1.54, 1.807) is 6.33 Å². The molecule has 1 heterocycles. The summed E-state index contributed by atoms with van der Waals surface area (Å²) in [6, 6.07) is 2.03. The van der Waals surface area contributed by atoms with Gasteiger partial charge in [-0.05, 0) is 18.9 Å². The molecule has 0 saturated carbocycles. The van der Waals surface area contributed by atoms with Crippen molar-refractivity contribution in [1.29, 1.82) is 0 Å². The number of aryl methyl sites for hydroxylation is 1. The van der Waals surface area contributed by atoms with E-state index in [4.69, 9.17) is 5.73 Å². The Kier molecular flexibility index (Phi) is 4.49. The Morgan fingerprint density at radius 3 is 2.80 bits per heavy atom. The minimum atomic E-state index is 0.482. The van der Waals surface area contributed by atoms with E-state index in [9.17, 15) is 0 Å². The molecular formula is C11H20N4. The van der Waals surface area contributed by atoms with Crippen molar-refractivity contribution >= 4 is 5.82 Å². The fraction of sp³-hybridized carbons (Fsp3) is 0.636. The van der Waals surface area contributed by atoms with Crippen molar-refractivity contribution in [3.8, 4) is 0 Å². The molecule has 0 aliphatic heterocycles. The summed E-state index contributed by atoms with van der Waals surface area (Å²) in [5, 5.41) is 0. The topological polar surface area (TPSA) is 55.0 Å². The van der Waals surface area contributed by atoms with E-state index in [1.807, 2.05) is 13.1 Å². The average molecular weight is 208 g/mol. The van der Waals surface area contributed by atoms with Crippen molar-refractivity contribution in [1.82, 2.24) is 9.97 Å². The third-order valence-corrected chi connectivity index (χ3v) is 2.45. The Labute approximate surface area is 91.5 Å². The van der Waals surface area contributed by atoms with E-state index in [1.165, 1.54) is 0 Å². The molecular weight excluding hydrogens is 188 g/mol. The summed E-state index contributed by atoms with van der Waals surface area (Å²) in [7, 11) is 2.04. The third-order valence-electron chi connectivity index (χ3n) is 2.45. The molecule has 2 N–H and O–H groups in total. The Morgan fingerprint density at radius 1 is 1.47 bits per heavy atom. The van der Waals surface area contributed by atoms with Crippen LogP contribution in [0.25, 0.3) is 0 Å². The monoisotopic (exact) mass is 208 g/mol. The van der Waals surface area contributed by atoms with Gasteiger partial charge in [0.25, 0.3) is 0 Å². The Bertz CT molecular complexity index is 300. The molecule has 1 aromatic rings. The highest BCUT2D eigenvalue weighted by molar-refractivity contribution is 5.37. The molecule has 1 unspecified atom stereocenters. The number of aromatic nitrogens is 2. The van der Waals surface area contributed by atoms with Crippen LogP contribution in [0.5, 0.6) is 0 Å². The molecule has 0 aliphatic rings. The summed E-state index contributed by atoms with van der Waals surface area (Å²) in [4.78, 5) is 10.5. The predicted octanol–water partition coefficient (Wildman–Crippen LogP) is 1.07. The minimum absolute atomic E-state index is 0.482. The lowest BCUT2D eigenvalue weighted by atomic mass is 10.2. The molecule has 0 radical (unpaired) electrons. The summed E-state index contributed by atoms with van der Waals surface area (Å²) >= 11 is 0. The summed E-state index contributed by atoms with van der Waals surface area (Å²) in [6.07, 6.45) is 2.56. The van der Waals surface area contributed by atoms with Gasteiger partial charge in [-0.2, -0.15) is 0 Å². The highest BCUT2D eigenvalue weighted by Gasteiger charge is 2.07. The number of anilines is 1. The lowest BCUT2D eigenvalue weighted by Gasteiger charge is -2.21. The number of hydrogen-bond acceptors (Lipinski definition) is 4. The first-order chi connectivity index (χ1) is 7.17. The zero-order valence-corrected chi connectivity index (χ0v) is 9.77. The van der Waals surface area contributed by atoms with Crippen LogP contribution >= 0.6 is 0 Å². The molecule has 1 atom stereocenters. The summed E-state index contributed by atoms with van der Waals surface area (Å²) in [5.74, 6) is 1.46. The van der Waals surface area contributed by atoms with Gasteiger partial charge in [0, 0.05) is 25.4 Å². The maximum atomic E-state index is 5.60. The number of hydrogen-bond donors (Lipinski definition) is 1. The van der Waals surface area contributed by atoms with Crippen LogP contribution in [-0.2, 0) is 6.42 Å². The molecule has 1 aromatic heterocycles. The van der Waals surface area contributed by atoms with E-state index in [-0.39, 0.29) is 0 Å². The van der Waals surface area contributed by atoms with Gasteiger partial charge in [0.05, 0.1) is 0 Å². The molecule has 0 amide bonds. The minimum Gasteiger partial charge on any atom is -0.359 e. The molecule has 4 nitrogen and oxygen atoms in total. The van der Waals surface area contributed by atoms with E-state index in [0.717, 1.165) is 24.5 Å². The Morgan fingerprint density at radius 2 is 2.20 bits per heavy atom. The fourth-order valence-corrected chi connectivity index (χ4v) is 1.42. The van der Waals surface area contributed by atoms with Gasteiger partial charge >= 0.3 is 0 Å². The maximum Gasteiger partial charge on any atom is 0.131 e. The van der Waals surface area contributed by atoms with Crippen molar-refractivity contribution in [2.75, 3.05) is 25.0 Å². The summed E-state index contributed by atoms with van der Waals surface area (Å²) in [5.41, 5.74) is 6.67. The van der Waals surface area contributed by atoms with Crippen molar-refractivity contribution in [2.24, 2.45) is 11.7 Å². The van der Waals surface area contributed by atoms with Gasteiger partial charge in [-0.15, -0.1) is 0 Å². The second-order valence-electron chi connectivity index (χ2n) is 3.94. The van der Waals surface area contributed by atoms with Crippen LogP contribution < -0.4 is 10.6 Å². The van der Waals surface area contributed by atoms with Crippen molar-refractivity contribution in [3.05, 3.63) is 18.1 Å². The highest BCUT2D eigenvalue weighted by atomic mass is 15.2. The van der Waals surface area contributed by atoms with Crippen molar-refractivity contribution in [3.63, 3.8) is 0 Å². The SMILES string of the molecule is CCc1cc(N(C)CC(C)CN)ncn1. The summed E-state index contributed by atoms with van der Waals surface area (Å²) < 4.78 is 0. The quantitative estimate of drug-likeness (QED) is 0.786. The van der Waals surface area contributed by atoms with Crippen LogP contribution in [-0.4, -0.2) is 30.1 Å². The second kappa shape index (κ2) is 5.66. The first kappa shape index (κ1) is 11.9. The first-order valence-corrected chi connectivity index (χ1v) is 5.39. The maximum absolute atomic E-state index is 5.60. The fourth-order valence-electron chi connectivity index (χ4n) is 1.42. The van der Waals surface area contributed by atoms with Gasteiger partial charge in [-0.1, -0.05) is 13.8 Å². The van der Waals surface area contributed by atoms with Crippen molar-refractivity contribution in [2.45, 2.75) is 20.3 Å². The number of nitrogens with zero attached hydrogens (tertiary/aromatic N) is 3. The standard InChI is InChI=1S/C11H20N4/c1-4-10-5-11(14-8-13-10)15(3)7-9(2)6-12/h5,8-9H,4,6-7,12H2,1-3H3. The molecule has 0 bridgehead atoms. The molecule has 4 heteroatoms. The zero-order valence-electron chi connectivity index (χ0n) is 9.77. The zero-order chi connectivity index (χ0) is 11.3. The van der Waals surface area contributed by atoms with Crippen LogP contribution in [0.15, 0.2) is 12.4 Å². The Hall–Kier alpha value is -1.16. The molecule has 84 valence electrons. The van der Waals surface area contributed by atoms with E-state index < -0.39 is 0 Å². The molecule has 0 aliphatic carbocycles. The van der Waals surface area contributed by atoms with Gasteiger partial charge in [0.2, 0.25) is 0 Å². The van der Waals surface area contributed by atoms with Crippen LogP contribution in [0.1, 0.15) is 19.5 Å². The lowest BCUT2D eigenvalue weighted by Crippen LogP contribution is -2.28. The van der Waals surface area contributed by atoms with Crippen LogP contribution in [0.2, 0.25) is 0 Å². The van der Waals surface area contributed by atoms with Gasteiger partial charge in [-0.3, -0.25) is 0 Å².